The summed E-state index contributed by atoms with van der Waals surface area (Å²) in [5, 5.41) is 2.71. The van der Waals surface area contributed by atoms with Crippen molar-refractivity contribution >= 4 is 14.4 Å². The minimum absolute atomic E-state index is 0.261. The summed E-state index contributed by atoms with van der Waals surface area (Å²) in [6.07, 6.45) is 1.84. The Hall–Kier alpha value is -0.513. The third-order valence-electron chi connectivity index (χ3n) is 1.20. The second-order valence-corrected chi connectivity index (χ2v) is 8.21. The molecule has 0 atom stereocenters. The SMILES string of the molecule is CCCCNC(=O)O[Si](C)(C)C. The highest BCUT2D eigenvalue weighted by atomic mass is 28.4. The number of carbonyl (C=O) groups is 1. The predicted octanol–water partition coefficient (Wildman–Crippen LogP) is 2.35. The van der Waals surface area contributed by atoms with E-state index in [4.69, 9.17) is 4.43 Å². The monoisotopic (exact) mass is 189 g/mol. The molecule has 0 fully saturated rings. The molecule has 0 saturated carbocycles. The summed E-state index contributed by atoms with van der Waals surface area (Å²) < 4.78 is 5.17. The molecule has 0 aromatic heterocycles. The van der Waals surface area contributed by atoms with Crippen LogP contribution in [0.1, 0.15) is 19.8 Å². The molecule has 0 aromatic rings. The van der Waals surface area contributed by atoms with E-state index in [9.17, 15) is 4.79 Å². The fraction of sp³-hybridized carbons (Fsp3) is 0.875. The summed E-state index contributed by atoms with van der Waals surface area (Å²) in [6.45, 7) is 8.79. The normalized spacial score (nSPS) is 11.0. The molecular formula is C8H19NO2Si. The minimum atomic E-state index is -1.69. The van der Waals surface area contributed by atoms with Crippen LogP contribution in [0.3, 0.4) is 0 Å². The Balaban J connectivity index is 3.47. The van der Waals surface area contributed by atoms with E-state index in [1.54, 1.807) is 0 Å². The molecule has 4 heteroatoms. The van der Waals surface area contributed by atoms with Crippen molar-refractivity contribution in [3.8, 4) is 0 Å². The largest absolute Gasteiger partial charge is 0.504 e. The van der Waals surface area contributed by atoms with Crippen molar-refractivity contribution in [3.05, 3.63) is 0 Å². The van der Waals surface area contributed by atoms with E-state index in [1.165, 1.54) is 0 Å². The fourth-order valence-electron chi connectivity index (χ4n) is 0.681. The van der Waals surface area contributed by atoms with Crippen molar-refractivity contribution in [2.45, 2.75) is 39.4 Å². The first-order valence-electron chi connectivity index (χ1n) is 4.42. The van der Waals surface area contributed by atoms with Gasteiger partial charge in [-0.3, -0.25) is 0 Å². The predicted molar refractivity (Wildman–Crippen MR) is 52.7 cm³/mol. The second-order valence-electron chi connectivity index (χ2n) is 3.78. The first-order valence-corrected chi connectivity index (χ1v) is 7.83. The van der Waals surface area contributed by atoms with Gasteiger partial charge in [-0.1, -0.05) is 13.3 Å². The number of unbranched alkanes of at least 4 members (excludes halogenated alkanes) is 1. The third-order valence-corrected chi connectivity index (χ3v) is 2.00. The van der Waals surface area contributed by atoms with E-state index < -0.39 is 8.32 Å². The highest BCUT2D eigenvalue weighted by Gasteiger charge is 2.19. The van der Waals surface area contributed by atoms with Gasteiger partial charge >= 0.3 is 6.09 Å². The first kappa shape index (κ1) is 11.5. The lowest BCUT2D eigenvalue weighted by Gasteiger charge is -2.17. The number of hydrogen-bond acceptors (Lipinski definition) is 2. The summed E-state index contributed by atoms with van der Waals surface area (Å²) >= 11 is 0. The van der Waals surface area contributed by atoms with Gasteiger partial charge in [0.1, 0.15) is 0 Å². The minimum Gasteiger partial charge on any atom is -0.504 e. The van der Waals surface area contributed by atoms with Crippen LogP contribution in [0.25, 0.3) is 0 Å². The van der Waals surface area contributed by atoms with Gasteiger partial charge in [0, 0.05) is 6.54 Å². The summed E-state index contributed by atoms with van der Waals surface area (Å²) in [4.78, 5) is 11.0. The fourth-order valence-corrected chi connectivity index (χ4v) is 1.31. The Kier molecular flexibility index (Phi) is 4.97. The van der Waals surface area contributed by atoms with Gasteiger partial charge < -0.3 is 9.74 Å². The summed E-state index contributed by atoms with van der Waals surface area (Å²) in [5.74, 6) is 0. The topological polar surface area (TPSA) is 38.3 Å². The van der Waals surface area contributed by atoms with E-state index in [0.29, 0.717) is 0 Å². The van der Waals surface area contributed by atoms with Crippen molar-refractivity contribution in [3.63, 3.8) is 0 Å². The van der Waals surface area contributed by atoms with Crippen molar-refractivity contribution < 1.29 is 9.22 Å². The van der Waals surface area contributed by atoms with Crippen molar-refractivity contribution in [1.29, 1.82) is 0 Å². The van der Waals surface area contributed by atoms with Crippen LogP contribution in [0.4, 0.5) is 4.79 Å². The molecule has 72 valence electrons. The summed E-state index contributed by atoms with van der Waals surface area (Å²) in [5.41, 5.74) is 0. The van der Waals surface area contributed by atoms with E-state index in [-0.39, 0.29) is 6.09 Å². The van der Waals surface area contributed by atoms with Crippen LogP contribution < -0.4 is 5.32 Å². The van der Waals surface area contributed by atoms with Crippen molar-refractivity contribution in [2.75, 3.05) is 6.54 Å². The maximum atomic E-state index is 11.0. The van der Waals surface area contributed by atoms with Crippen molar-refractivity contribution in [1.82, 2.24) is 5.32 Å². The van der Waals surface area contributed by atoms with Crippen LogP contribution in [0, 0.1) is 0 Å². The van der Waals surface area contributed by atoms with Crippen LogP contribution >= 0.6 is 0 Å². The standard InChI is InChI=1S/C8H19NO2Si/c1-5-6-7-9-8(10)11-12(2,3)4/h5-7H2,1-4H3,(H,9,10). The molecule has 0 spiro atoms. The quantitative estimate of drug-likeness (QED) is 0.544. The van der Waals surface area contributed by atoms with Crippen LogP contribution in [0.2, 0.25) is 19.6 Å². The maximum Gasteiger partial charge on any atom is 0.393 e. The Morgan fingerprint density at radius 3 is 2.42 bits per heavy atom. The van der Waals surface area contributed by atoms with E-state index in [2.05, 4.69) is 12.2 Å². The zero-order valence-corrected chi connectivity index (χ0v) is 9.44. The molecule has 12 heavy (non-hydrogen) atoms. The molecule has 1 amide bonds. The van der Waals surface area contributed by atoms with Crippen LogP contribution in [0.15, 0.2) is 0 Å². The smallest absolute Gasteiger partial charge is 0.393 e. The van der Waals surface area contributed by atoms with Gasteiger partial charge in [0.2, 0.25) is 8.32 Å². The molecule has 0 heterocycles. The van der Waals surface area contributed by atoms with E-state index >= 15 is 0 Å². The molecule has 0 aromatic carbocycles. The molecule has 0 aliphatic carbocycles. The van der Waals surface area contributed by atoms with Gasteiger partial charge in [0.15, 0.2) is 0 Å². The lowest BCUT2D eigenvalue weighted by Crippen LogP contribution is -2.36. The van der Waals surface area contributed by atoms with Crippen LogP contribution in [-0.4, -0.2) is 21.0 Å². The highest BCUT2D eigenvalue weighted by Crippen LogP contribution is 2.02. The Morgan fingerprint density at radius 2 is 2.00 bits per heavy atom. The molecule has 0 bridgehead atoms. The molecule has 0 aliphatic heterocycles. The summed E-state index contributed by atoms with van der Waals surface area (Å²) in [6, 6.07) is 0. The van der Waals surface area contributed by atoms with Crippen LogP contribution in [-0.2, 0) is 4.43 Å². The Labute approximate surface area is 75.6 Å². The molecule has 0 aliphatic rings. The summed E-state index contributed by atoms with van der Waals surface area (Å²) in [7, 11) is -1.69. The molecule has 0 rings (SSSR count). The van der Waals surface area contributed by atoms with Gasteiger partial charge in [0.05, 0.1) is 0 Å². The van der Waals surface area contributed by atoms with Gasteiger partial charge in [0.25, 0.3) is 0 Å². The third kappa shape index (κ3) is 7.59. The molecule has 0 saturated heterocycles. The van der Waals surface area contributed by atoms with Crippen LogP contribution in [0.5, 0.6) is 0 Å². The van der Waals surface area contributed by atoms with Gasteiger partial charge in [-0.05, 0) is 26.1 Å². The van der Waals surface area contributed by atoms with Crippen molar-refractivity contribution in [2.24, 2.45) is 0 Å². The molecule has 3 nitrogen and oxygen atoms in total. The number of hydrogen-bond donors (Lipinski definition) is 1. The number of carbonyl (C=O) groups excluding carboxylic acids is 1. The molecule has 1 N–H and O–H groups in total. The van der Waals surface area contributed by atoms with Gasteiger partial charge in [-0.15, -0.1) is 0 Å². The zero-order chi connectivity index (χ0) is 9.61. The van der Waals surface area contributed by atoms with E-state index in [1.807, 2.05) is 19.6 Å². The second kappa shape index (κ2) is 5.19. The number of rotatable bonds is 4. The van der Waals surface area contributed by atoms with Gasteiger partial charge in [-0.25, -0.2) is 4.79 Å². The average Bonchev–Trinajstić information content (AvgIpc) is 1.84. The van der Waals surface area contributed by atoms with E-state index in [0.717, 1.165) is 19.4 Å². The number of amides is 1. The Bertz CT molecular complexity index is 142. The maximum absolute atomic E-state index is 11.0. The molecule has 0 radical (unpaired) electrons. The highest BCUT2D eigenvalue weighted by molar-refractivity contribution is 6.71. The lowest BCUT2D eigenvalue weighted by atomic mass is 10.3. The first-order chi connectivity index (χ1) is 5.45. The Morgan fingerprint density at radius 1 is 1.42 bits per heavy atom. The lowest BCUT2D eigenvalue weighted by molar-refractivity contribution is 0.199. The molecular weight excluding hydrogens is 170 g/mol. The number of nitrogens with one attached hydrogen (secondary N) is 1. The van der Waals surface area contributed by atoms with Gasteiger partial charge in [-0.2, -0.15) is 0 Å². The molecule has 0 unspecified atom stereocenters. The zero-order valence-electron chi connectivity index (χ0n) is 8.44. The average molecular weight is 189 g/mol.